The first kappa shape index (κ1) is 9.51. The summed E-state index contributed by atoms with van der Waals surface area (Å²) in [4.78, 5) is 18.3. The Morgan fingerprint density at radius 2 is 2.40 bits per heavy atom. The highest BCUT2D eigenvalue weighted by molar-refractivity contribution is 5.69. The maximum atomic E-state index is 10.4. The van der Waals surface area contributed by atoms with Gasteiger partial charge in [-0.2, -0.15) is 4.98 Å². The molecule has 0 atom stereocenters. The van der Waals surface area contributed by atoms with Crippen LogP contribution in [-0.2, 0) is 6.42 Å². The van der Waals surface area contributed by atoms with Crippen molar-refractivity contribution in [3.05, 3.63) is 29.9 Å². The van der Waals surface area contributed by atoms with Gasteiger partial charge in [-0.3, -0.25) is 9.78 Å². The van der Waals surface area contributed by atoms with Gasteiger partial charge in [0.15, 0.2) is 0 Å². The Balaban J connectivity index is 2.48. The predicted molar refractivity (Wildman–Crippen MR) is 52.3 cm³/mol. The molecular formula is C10H9N3O2. The molecule has 2 aromatic rings. The fourth-order valence-corrected chi connectivity index (χ4v) is 1.32. The molecule has 0 radical (unpaired) electrons. The average Bonchev–Trinajstić information content (AvgIpc) is 2.77. The number of carbonyl (C=O) groups excluding carboxylic acids is 1. The number of hydrogen-bond acceptors (Lipinski definition) is 5. The van der Waals surface area contributed by atoms with Crippen molar-refractivity contribution in [1.29, 1.82) is 0 Å². The Hall–Kier alpha value is -2.04. The van der Waals surface area contributed by atoms with Gasteiger partial charge in [-0.05, 0) is 18.1 Å². The normalized spacial score (nSPS) is 10.2. The lowest BCUT2D eigenvalue weighted by molar-refractivity contribution is 0.108. The summed E-state index contributed by atoms with van der Waals surface area (Å²) >= 11 is 0. The van der Waals surface area contributed by atoms with Gasteiger partial charge in [0.2, 0.25) is 12.1 Å². The van der Waals surface area contributed by atoms with Gasteiger partial charge in [0.1, 0.15) is 0 Å². The molecule has 0 amide bonds. The SMILES string of the molecule is CCc1cnccc1-c1noc(C=O)n1. The molecule has 0 bridgehead atoms. The molecule has 0 saturated heterocycles. The second kappa shape index (κ2) is 4.00. The van der Waals surface area contributed by atoms with E-state index in [0.717, 1.165) is 17.5 Å². The van der Waals surface area contributed by atoms with Gasteiger partial charge < -0.3 is 4.52 Å². The first-order valence-electron chi connectivity index (χ1n) is 4.57. The minimum Gasteiger partial charge on any atom is -0.331 e. The molecule has 5 heteroatoms. The van der Waals surface area contributed by atoms with Crippen molar-refractivity contribution < 1.29 is 9.32 Å². The lowest BCUT2D eigenvalue weighted by atomic mass is 10.1. The number of pyridine rings is 1. The molecule has 2 aromatic heterocycles. The topological polar surface area (TPSA) is 68.9 Å². The zero-order valence-electron chi connectivity index (χ0n) is 8.17. The number of aromatic nitrogens is 3. The minimum atomic E-state index is -0.0103. The number of nitrogens with zero attached hydrogens (tertiary/aromatic N) is 3. The quantitative estimate of drug-likeness (QED) is 0.707. The van der Waals surface area contributed by atoms with E-state index in [0.29, 0.717) is 12.1 Å². The number of rotatable bonds is 3. The van der Waals surface area contributed by atoms with Crippen molar-refractivity contribution >= 4 is 6.29 Å². The average molecular weight is 203 g/mol. The summed E-state index contributed by atoms with van der Waals surface area (Å²) in [5, 5.41) is 3.72. The lowest BCUT2D eigenvalue weighted by Crippen LogP contribution is -1.90. The van der Waals surface area contributed by atoms with Gasteiger partial charge in [-0.25, -0.2) is 0 Å². The van der Waals surface area contributed by atoms with Crippen LogP contribution in [0.5, 0.6) is 0 Å². The number of hydrogen-bond donors (Lipinski definition) is 0. The van der Waals surface area contributed by atoms with Gasteiger partial charge >= 0.3 is 0 Å². The van der Waals surface area contributed by atoms with E-state index >= 15 is 0 Å². The summed E-state index contributed by atoms with van der Waals surface area (Å²) < 4.78 is 4.72. The molecule has 5 nitrogen and oxygen atoms in total. The van der Waals surface area contributed by atoms with Crippen LogP contribution in [0.25, 0.3) is 11.4 Å². The van der Waals surface area contributed by atoms with Crippen molar-refractivity contribution in [1.82, 2.24) is 15.1 Å². The van der Waals surface area contributed by atoms with Crippen molar-refractivity contribution in [3.63, 3.8) is 0 Å². The molecule has 2 heterocycles. The summed E-state index contributed by atoms with van der Waals surface area (Å²) in [6.45, 7) is 2.02. The van der Waals surface area contributed by atoms with Crippen LogP contribution in [0.15, 0.2) is 23.0 Å². The molecule has 0 N–H and O–H groups in total. The molecule has 0 aliphatic rings. The van der Waals surface area contributed by atoms with E-state index in [9.17, 15) is 4.79 Å². The maximum absolute atomic E-state index is 10.4. The standard InChI is InChI=1S/C10H9N3O2/c1-2-7-5-11-4-3-8(7)10-12-9(6-14)15-13-10/h3-6H,2H2,1H3. The van der Waals surface area contributed by atoms with E-state index in [1.54, 1.807) is 18.5 Å². The predicted octanol–water partition coefficient (Wildman–Crippen LogP) is 1.51. The number of aryl methyl sites for hydroxylation is 1. The largest absolute Gasteiger partial charge is 0.331 e. The van der Waals surface area contributed by atoms with Crippen LogP contribution >= 0.6 is 0 Å². The van der Waals surface area contributed by atoms with Crippen molar-refractivity contribution in [2.45, 2.75) is 13.3 Å². The zero-order chi connectivity index (χ0) is 10.7. The molecule has 0 unspecified atom stereocenters. The van der Waals surface area contributed by atoms with E-state index in [1.807, 2.05) is 6.92 Å². The molecule has 0 saturated carbocycles. The summed E-state index contributed by atoms with van der Waals surface area (Å²) in [7, 11) is 0. The van der Waals surface area contributed by atoms with Crippen LogP contribution < -0.4 is 0 Å². The summed E-state index contributed by atoms with van der Waals surface area (Å²) in [6.07, 6.45) is 4.77. The van der Waals surface area contributed by atoms with E-state index in [1.165, 1.54) is 0 Å². The Morgan fingerprint density at radius 1 is 1.53 bits per heavy atom. The highest BCUT2D eigenvalue weighted by Gasteiger charge is 2.10. The first-order chi connectivity index (χ1) is 7.35. The fraction of sp³-hybridized carbons (Fsp3) is 0.200. The molecular weight excluding hydrogens is 194 g/mol. The molecule has 0 aromatic carbocycles. The second-order valence-corrected chi connectivity index (χ2v) is 2.96. The highest BCUT2D eigenvalue weighted by Crippen LogP contribution is 2.19. The second-order valence-electron chi connectivity index (χ2n) is 2.96. The Bertz CT molecular complexity index is 479. The third-order valence-electron chi connectivity index (χ3n) is 2.07. The Labute approximate surface area is 86.1 Å². The van der Waals surface area contributed by atoms with Gasteiger partial charge in [0, 0.05) is 18.0 Å². The van der Waals surface area contributed by atoms with Gasteiger partial charge in [0.25, 0.3) is 5.89 Å². The van der Waals surface area contributed by atoms with Crippen LogP contribution in [-0.4, -0.2) is 21.4 Å². The van der Waals surface area contributed by atoms with Crippen molar-refractivity contribution in [2.24, 2.45) is 0 Å². The zero-order valence-corrected chi connectivity index (χ0v) is 8.17. The van der Waals surface area contributed by atoms with Gasteiger partial charge in [0.05, 0.1) is 0 Å². The third kappa shape index (κ3) is 1.76. The van der Waals surface area contributed by atoms with Crippen LogP contribution in [0.1, 0.15) is 23.2 Å². The third-order valence-corrected chi connectivity index (χ3v) is 2.07. The molecule has 76 valence electrons. The number of carbonyl (C=O) groups is 1. The Kier molecular flexibility index (Phi) is 2.53. The smallest absolute Gasteiger partial charge is 0.291 e. The molecule has 0 spiro atoms. The number of aldehydes is 1. The summed E-state index contributed by atoms with van der Waals surface area (Å²) in [5.74, 6) is 0.417. The minimum absolute atomic E-state index is 0.0103. The molecule has 0 aliphatic heterocycles. The monoisotopic (exact) mass is 203 g/mol. The fourth-order valence-electron chi connectivity index (χ4n) is 1.32. The van der Waals surface area contributed by atoms with Gasteiger partial charge in [-0.1, -0.05) is 12.1 Å². The van der Waals surface area contributed by atoms with Crippen LogP contribution in [0.4, 0.5) is 0 Å². The Morgan fingerprint density at radius 3 is 3.07 bits per heavy atom. The van der Waals surface area contributed by atoms with E-state index < -0.39 is 0 Å². The highest BCUT2D eigenvalue weighted by atomic mass is 16.5. The molecule has 2 rings (SSSR count). The van der Waals surface area contributed by atoms with Crippen molar-refractivity contribution in [2.75, 3.05) is 0 Å². The first-order valence-corrected chi connectivity index (χ1v) is 4.57. The molecule has 15 heavy (non-hydrogen) atoms. The van der Waals surface area contributed by atoms with Crippen LogP contribution in [0, 0.1) is 0 Å². The van der Waals surface area contributed by atoms with Gasteiger partial charge in [-0.15, -0.1) is 0 Å². The molecule has 0 fully saturated rings. The van der Waals surface area contributed by atoms with E-state index in [4.69, 9.17) is 4.52 Å². The lowest BCUT2D eigenvalue weighted by Gasteiger charge is -2.00. The van der Waals surface area contributed by atoms with Crippen molar-refractivity contribution in [3.8, 4) is 11.4 Å². The molecule has 0 aliphatic carbocycles. The van der Waals surface area contributed by atoms with Crippen LogP contribution in [0.2, 0.25) is 0 Å². The summed E-state index contributed by atoms with van der Waals surface area (Å²) in [5.41, 5.74) is 1.88. The van der Waals surface area contributed by atoms with E-state index in [-0.39, 0.29) is 5.89 Å². The maximum Gasteiger partial charge on any atom is 0.291 e. The van der Waals surface area contributed by atoms with E-state index in [2.05, 4.69) is 15.1 Å². The summed E-state index contributed by atoms with van der Waals surface area (Å²) in [6, 6.07) is 1.80. The van der Waals surface area contributed by atoms with Crippen LogP contribution in [0.3, 0.4) is 0 Å².